The molecular formula is C19H21N3O5. The maximum atomic E-state index is 11.7. The van der Waals surface area contributed by atoms with E-state index in [1.165, 1.54) is 30.5 Å². The van der Waals surface area contributed by atoms with Crippen molar-refractivity contribution in [2.45, 2.75) is 19.8 Å². The van der Waals surface area contributed by atoms with E-state index >= 15 is 0 Å². The molecule has 0 spiro atoms. The van der Waals surface area contributed by atoms with Gasteiger partial charge in [0.05, 0.1) is 17.7 Å². The number of amides is 1. The number of hydrogen-bond acceptors (Lipinski definition) is 6. The standard InChI is InChI=1S/C19H21N3O5/c1-2-3-12-26-17-8-10-18(11-9-17)27-14-19(23)21-20-13-15-4-6-16(7-5-15)22(24)25/h4-11,13H,2-3,12,14H2,1H3,(H,21,23)/b20-13+. The van der Waals surface area contributed by atoms with Crippen LogP contribution in [0, 0.1) is 10.1 Å². The van der Waals surface area contributed by atoms with E-state index in [9.17, 15) is 14.9 Å². The van der Waals surface area contributed by atoms with Crippen molar-refractivity contribution in [1.82, 2.24) is 5.43 Å². The van der Waals surface area contributed by atoms with Gasteiger partial charge in [0, 0.05) is 12.1 Å². The fourth-order valence-electron chi connectivity index (χ4n) is 2.01. The number of ether oxygens (including phenoxy) is 2. The van der Waals surface area contributed by atoms with Crippen molar-refractivity contribution in [1.29, 1.82) is 0 Å². The van der Waals surface area contributed by atoms with Gasteiger partial charge in [-0.2, -0.15) is 5.10 Å². The summed E-state index contributed by atoms with van der Waals surface area (Å²) in [4.78, 5) is 21.8. The highest BCUT2D eigenvalue weighted by molar-refractivity contribution is 5.83. The van der Waals surface area contributed by atoms with Gasteiger partial charge in [-0.25, -0.2) is 5.43 Å². The monoisotopic (exact) mass is 371 g/mol. The molecule has 8 heteroatoms. The number of non-ortho nitro benzene ring substituents is 1. The molecule has 0 fully saturated rings. The summed E-state index contributed by atoms with van der Waals surface area (Å²) in [5, 5.41) is 14.4. The molecule has 0 aliphatic heterocycles. The average molecular weight is 371 g/mol. The number of carbonyl (C=O) groups is 1. The molecule has 2 rings (SSSR count). The average Bonchev–Trinajstić information content (AvgIpc) is 2.68. The lowest BCUT2D eigenvalue weighted by atomic mass is 10.2. The number of hydrogen-bond donors (Lipinski definition) is 1. The molecule has 0 unspecified atom stereocenters. The van der Waals surface area contributed by atoms with Crippen LogP contribution in [0.3, 0.4) is 0 Å². The molecule has 0 bridgehead atoms. The Hall–Kier alpha value is -3.42. The fourth-order valence-corrected chi connectivity index (χ4v) is 2.01. The quantitative estimate of drug-likeness (QED) is 0.299. The summed E-state index contributed by atoms with van der Waals surface area (Å²) >= 11 is 0. The van der Waals surface area contributed by atoms with E-state index in [1.54, 1.807) is 24.3 Å². The molecule has 2 aromatic rings. The number of carbonyl (C=O) groups excluding carboxylic acids is 1. The van der Waals surface area contributed by atoms with Crippen molar-refractivity contribution >= 4 is 17.8 Å². The first-order chi connectivity index (χ1) is 13.1. The lowest BCUT2D eigenvalue weighted by Gasteiger charge is -2.07. The summed E-state index contributed by atoms with van der Waals surface area (Å²) in [6, 6.07) is 12.8. The molecule has 0 aromatic heterocycles. The number of unbranched alkanes of at least 4 members (excludes halogenated alkanes) is 1. The van der Waals surface area contributed by atoms with Crippen LogP contribution < -0.4 is 14.9 Å². The summed E-state index contributed by atoms with van der Waals surface area (Å²) < 4.78 is 10.9. The molecule has 0 aliphatic rings. The maximum absolute atomic E-state index is 11.7. The predicted molar refractivity (Wildman–Crippen MR) is 101 cm³/mol. The van der Waals surface area contributed by atoms with Crippen LogP contribution in [0.5, 0.6) is 11.5 Å². The summed E-state index contributed by atoms with van der Waals surface area (Å²) in [6.07, 6.45) is 3.46. The van der Waals surface area contributed by atoms with Crippen molar-refractivity contribution in [2.75, 3.05) is 13.2 Å². The summed E-state index contributed by atoms with van der Waals surface area (Å²) in [5.41, 5.74) is 2.95. The first-order valence-electron chi connectivity index (χ1n) is 8.50. The van der Waals surface area contributed by atoms with Gasteiger partial charge in [0.1, 0.15) is 11.5 Å². The highest BCUT2D eigenvalue weighted by Gasteiger charge is 2.04. The molecule has 0 radical (unpaired) electrons. The number of nitrogens with zero attached hydrogens (tertiary/aromatic N) is 2. The van der Waals surface area contributed by atoms with Gasteiger partial charge in [-0.1, -0.05) is 13.3 Å². The van der Waals surface area contributed by atoms with Crippen LogP contribution in [0.15, 0.2) is 53.6 Å². The minimum atomic E-state index is -0.482. The Balaban J connectivity index is 1.73. The molecule has 0 saturated heterocycles. The minimum absolute atomic E-state index is 0.00799. The van der Waals surface area contributed by atoms with Gasteiger partial charge in [0.15, 0.2) is 6.61 Å². The normalized spacial score (nSPS) is 10.6. The van der Waals surface area contributed by atoms with Crippen LogP contribution in [0.25, 0.3) is 0 Å². The Bertz CT molecular complexity index is 773. The molecule has 0 atom stereocenters. The zero-order valence-corrected chi connectivity index (χ0v) is 15.0. The van der Waals surface area contributed by atoms with E-state index < -0.39 is 10.8 Å². The Morgan fingerprint density at radius 2 is 1.74 bits per heavy atom. The molecule has 27 heavy (non-hydrogen) atoms. The lowest BCUT2D eigenvalue weighted by molar-refractivity contribution is -0.384. The van der Waals surface area contributed by atoms with Gasteiger partial charge in [-0.05, 0) is 48.4 Å². The van der Waals surface area contributed by atoms with Crippen molar-refractivity contribution in [3.63, 3.8) is 0 Å². The zero-order valence-electron chi connectivity index (χ0n) is 15.0. The van der Waals surface area contributed by atoms with Gasteiger partial charge in [-0.3, -0.25) is 14.9 Å². The number of rotatable bonds is 10. The van der Waals surface area contributed by atoms with Crippen molar-refractivity contribution < 1.29 is 19.2 Å². The molecule has 0 heterocycles. The van der Waals surface area contributed by atoms with Gasteiger partial charge in [0.2, 0.25) is 0 Å². The van der Waals surface area contributed by atoms with Crippen LogP contribution in [0.4, 0.5) is 5.69 Å². The molecule has 142 valence electrons. The van der Waals surface area contributed by atoms with Crippen molar-refractivity contribution in [3.8, 4) is 11.5 Å². The van der Waals surface area contributed by atoms with E-state index in [1.807, 2.05) is 0 Å². The lowest BCUT2D eigenvalue weighted by Crippen LogP contribution is -2.24. The SMILES string of the molecule is CCCCOc1ccc(OCC(=O)N/N=C/c2ccc([N+](=O)[O-])cc2)cc1. The van der Waals surface area contributed by atoms with Crippen molar-refractivity contribution in [2.24, 2.45) is 5.10 Å². The third-order valence-corrected chi connectivity index (χ3v) is 3.47. The Morgan fingerprint density at radius 3 is 2.33 bits per heavy atom. The Morgan fingerprint density at radius 1 is 1.11 bits per heavy atom. The van der Waals surface area contributed by atoms with E-state index in [0.717, 1.165) is 18.6 Å². The first-order valence-corrected chi connectivity index (χ1v) is 8.50. The second kappa shape index (κ2) is 10.5. The van der Waals surface area contributed by atoms with Gasteiger partial charge >= 0.3 is 0 Å². The largest absolute Gasteiger partial charge is 0.494 e. The first kappa shape index (κ1) is 19.9. The van der Waals surface area contributed by atoms with Crippen LogP contribution in [-0.2, 0) is 4.79 Å². The van der Waals surface area contributed by atoms with Crippen LogP contribution >= 0.6 is 0 Å². The topological polar surface area (TPSA) is 103 Å². The smallest absolute Gasteiger partial charge is 0.277 e. The molecule has 0 aliphatic carbocycles. The van der Waals surface area contributed by atoms with E-state index in [2.05, 4.69) is 17.5 Å². The molecule has 1 amide bonds. The molecule has 8 nitrogen and oxygen atoms in total. The second-order valence-corrected chi connectivity index (χ2v) is 5.60. The zero-order chi connectivity index (χ0) is 19.5. The van der Waals surface area contributed by atoms with E-state index in [0.29, 0.717) is 17.9 Å². The summed E-state index contributed by atoms with van der Waals surface area (Å²) in [6.45, 7) is 2.58. The second-order valence-electron chi connectivity index (χ2n) is 5.60. The Kier molecular flexibility index (Phi) is 7.77. The van der Waals surface area contributed by atoms with E-state index in [4.69, 9.17) is 9.47 Å². The van der Waals surface area contributed by atoms with Crippen LogP contribution in [-0.4, -0.2) is 30.3 Å². The van der Waals surface area contributed by atoms with Crippen LogP contribution in [0.1, 0.15) is 25.3 Å². The number of nitro groups is 1. The fraction of sp³-hybridized carbons (Fsp3) is 0.263. The molecule has 1 N–H and O–H groups in total. The molecule has 0 saturated carbocycles. The predicted octanol–water partition coefficient (Wildman–Crippen LogP) is 3.30. The number of nitro benzene ring substituents is 1. The number of benzene rings is 2. The minimum Gasteiger partial charge on any atom is -0.494 e. The molecular weight excluding hydrogens is 350 g/mol. The highest BCUT2D eigenvalue weighted by atomic mass is 16.6. The van der Waals surface area contributed by atoms with Gasteiger partial charge < -0.3 is 9.47 Å². The summed E-state index contributed by atoms with van der Waals surface area (Å²) in [7, 11) is 0. The highest BCUT2D eigenvalue weighted by Crippen LogP contribution is 2.17. The van der Waals surface area contributed by atoms with Gasteiger partial charge in [-0.15, -0.1) is 0 Å². The Labute approximate surface area is 157 Å². The summed E-state index contributed by atoms with van der Waals surface area (Å²) in [5.74, 6) is 0.886. The third-order valence-electron chi connectivity index (χ3n) is 3.47. The maximum Gasteiger partial charge on any atom is 0.277 e. The number of hydrazone groups is 1. The van der Waals surface area contributed by atoms with Crippen molar-refractivity contribution in [3.05, 3.63) is 64.2 Å². The van der Waals surface area contributed by atoms with Crippen LogP contribution in [0.2, 0.25) is 0 Å². The number of nitrogens with one attached hydrogen (secondary N) is 1. The van der Waals surface area contributed by atoms with E-state index in [-0.39, 0.29) is 12.3 Å². The van der Waals surface area contributed by atoms with Gasteiger partial charge in [0.25, 0.3) is 11.6 Å². The molecule has 2 aromatic carbocycles. The third kappa shape index (κ3) is 7.15.